The fourth-order valence-electron chi connectivity index (χ4n) is 2.89. The second-order valence-electron chi connectivity index (χ2n) is 6.20. The summed E-state index contributed by atoms with van der Waals surface area (Å²) in [7, 11) is 0. The van der Waals surface area contributed by atoms with Crippen LogP contribution >= 0.6 is 12.2 Å². The number of nitrogens with zero attached hydrogens (tertiary/aromatic N) is 2. The van der Waals surface area contributed by atoms with Gasteiger partial charge < -0.3 is 4.57 Å². The van der Waals surface area contributed by atoms with Crippen molar-refractivity contribution in [2.24, 2.45) is 5.41 Å². The van der Waals surface area contributed by atoms with Crippen molar-refractivity contribution in [2.45, 2.75) is 20.3 Å². The molecule has 0 N–H and O–H groups in total. The molecule has 2 aromatic rings. The molecule has 1 aliphatic carbocycles. The third-order valence-corrected chi connectivity index (χ3v) is 4.17. The average Bonchev–Trinajstić information content (AvgIpc) is 2.45. The maximum absolute atomic E-state index is 11.1. The van der Waals surface area contributed by atoms with Crippen LogP contribution in [0.4, 0.5) is 5.69 Å². The first-order chi connectivity index (χ1) is 10.4. The van der Waals surface area contributed by atoms with Crippen molar-refractivity contribution >= 4 is 23.6 Å². The first-order valence-corrected chi connectivity index (χ1v) is 7.47. The molecule has 1 heterocycles. The maximum atomic E-state index is 11.1. The van der Waals surface area contributed by atoms with E-state index in [1.54, 1.807) is 12.1 Å². The number of pyridine rings is 1. The van der Waals surface area contributed by atoms with Crippen LogP contribution in [-0.4, -0.2) is 9.49 Å². The van der Waals surface area contributed by atoms with Crippen LogP contribution in [0.15, 0.2) is 48.7 Å². The summed E-state index contributed by atoms with van der Waals surface area (Å²) in [6, 6.07) is 10.7. The van der Waals surface area contributed by atoms with Crippen LogP contribution in [0.25, 0.3) is 5.70 Å². The maximum Gasteiger partial charge on any atom is 0.270 e. The second-order valence-corrected chi connectivity index (χ2v) is 6.62. The van der Waals surface area contributed by atoms with E-state index in [-0.39, 0.29) is 16.0 Å². The third-order valence-electron chi connectivity index (χ3n) is 3.84. The summed E-state index contributed by atoms with van der Waals surface area (Å²) in [5.41, 5.74) is 2.99. The number of fused-ring (bicyclic) bond motifs is 1. The molecule has 1 aliphatic rings. The van der Waals surface area contributed by atoms with E-state index in [0.29, 0.717) is 4.64 Å². The number of rotatable bonds is 2. The van der Waals surface area contributed by atoms with Crippen LogP contribution in [0.1, 0.15) is 25.0 Å². The Morgan fingerprint density at radius 1 is 1.27 bits per heavy atom. The predicted molar refractivity (Wildman–Crippen MR) is 89.2 cm³/mol. The SMILES string of the molecule is CC1(C)C=C(n2ccccc2=S)c2cc([N+](=O)[O-])ccc2C1. The van der Waals surface area contributed by atoms with Gasteiger partial charge in [0.15, 0.2) is 0 Å². The fourth-order valence-corrected chi connectivity index (χ4v) is 3.12. The van der Waals surface area contributed by atoms with Crippen molar-refractivity contribution in [1.29, 1.82) is 0 Å². The predicted octanol–water partition coefficient (Wildman–Crippen LogP) is 4.60. The average molecular weight is 312 g/mol. The van der Waals surface area contributed by atoms with Gasteiger partial charge >= 0.3 is 0 Å². The van der Waals surface area contributed by atoms with Crippen LogP contribution in [0.2, 0.25) is 0 Å². The number of allylic oxidation sites excluding steroid dienone is 1. The Kier molecular flexibility index (Phi) is 3.45. The standard InChI is InChI=1S/C17H16N2O2S/c1-17(2)10-12-6-7-13(19(20)21)9-14(12)15(11-17)18-8-4-3-5-16(18)22/h3-9,11H,10H2,1-2H3. The summed E-state index contributed by atoms with van der Waals surface area (Å²) < 4.78 is 2.60. The summed E-state index contributed by atoms with van der Waals surface area (Å²) in [4.78, 5) is 10.7. The number of nitro groups is 1. The van der Waals surface area contributed by atoms with Gasteiger partial charge in [-0.2, -0.15) is 0 Å². The first kappa shape index (κ1) is 14.7. The highest BCUT2D eigenvalue weighted by Crippen LogP contribution is 2.38. The van der Waals surface area contributed by atoms with Crippen molar-refractivity contribution in [1.82, 2.24) is 4.57 Å². The fraction of sp³-hybridized carbons (Fsp3) is 0.235. The molecule has 0 bridgehead atoms. The molecule has 22 heavy (non-hydrogen) atoms. The van der Waals surface area contributed by atoms with E-state index >= 15 is 0 Å². The summed E-state index contributed by atoms with van der Waals surface area (Å²) in [5.74, 6) is 0. The highest BCUT2D eigenvalue weighted by molar-refractivity contribution is 7.71. The van der Waals surface area contributed by atoms with Gasteiger partial charge in [0.2, 0.25) is 0 Å². The Morgan fingerprint density at radius 2 is 2.05 bits per heavy atom. The largest absolute Gasteiger partial charge is 0.308 e. The first-order valence-electron chi connectivity index (χ1n) is 7.06. The quantitative estimate of drug-likeness (QED) is 0.462. The number of nitro benzene ring substituents is 1. The molecule has 0 aliphatic heterocycles. The molecule has 0 radical (unpaired) electrons. The van der Waals surface area contributed by atoms with Crippen LogP contribution in [0, 0.1) is 20.2 Å². The Balaban J connectivity index is 2.27. The second kappa shape index (κ2) is 5.18. The molecular weight excluding hydrogens is 296 g/mol. The molecule has 0 saturated carbocycles. The van der Waals surface area contributed by atoms with Gasteiger partial charge in [0.1, 0.15) is 4.64 Å². The van der Waals surface area contributed by atoms with Crippen molar-refractivity contribution in [2.75, 3.05) is 0 Å². The lowest BCUT2D eigenvalue weighted by molar-refractivity contribution is -0.384. The van der Waals surface area contributed by atoms with E-state index in [2.05, 4.69) is 19.9 Å². The van der Waals surface area contributed by atoms with Crippen molar-refractivity contribution in [3.05, 3.63) is 74.6 Å². The van der Waals surface area contributed by atoms with Crippen molar-refractivity contribution < 1.29 is 4.92 Å². The zero-order valence-corrected chi connectivity index (χ0v) is 13.3. The van der Waals surface area contributed by atoms with E-state index in [4.69, 9.17) is 12.2 Å². The molecule has 5 heteroatoms. The van der Waals surface area contributed by atoms with Crippen LogP contribution in [-0.2, 0) is 6.42 Å². The van der Waals surface area contributed by atoms with E-state index in [9.17, 15) is 10.1 Å². The zero-order chi connectivity index (χ0) is 15.9. The van der Waals surface area contributed by atoms with E-state index < -0.39 is 0 Å². The van der Waals surface area contributed by atoms with Gasteiger partial charge in [-0.15, -0.1) is 0 Å². The Bertz CT molecular complexity index is 850. The van der Waals surface area contributed by atoms with Gasteiger partial charge in [0, 0.05) is 23.9 Å². The van der Waals surface area contributed by atoms with E-state index in [1.807, 2.05) is 35.0 Å². The molecule has 112 valence electrons. The number of hydrogen-bond donors (Lipinski definition) is 0. The number of benzene rings is 1. The zero-order valence-electron chi connectivity index (χ0n) is 12.4. The molecule has 0 saturated heterocycles. The molecule has 4 nitrogen and oxygen atoms in total. The Morgan fingerprint density at radius 3 is 2.73 bits per heavy atom. The minimum Gasteiger partial charge on any atom is -0.308 e. The molecule has 0 amide bonds. The van der Waals surface area contributed by atoms with Crippen LogP contribution < -0.4 is 0 Å². The normalized spacial score (nSPS) is 15.8. The van der Waals surface area contributed by atoms with Gasteiger partial charge in [0.25, 0.3) is 5.69 Å². The van der Waals surface area contributed by atoms with Gasteiger partial charge in [-0.1, -0.05) is 44.3 Å². The minimum atomic E-state index is -0.359. The molecule has 0 atom stereocenters. The van der Waals surface area contributed by atoms with Crippen molar-refractivity contribution in [3.8, 4) is 0 Å². The van der Waals surface area contributed by atoms with E-state index in [0.717, 1.165) is 23.2 Å². The van der Waals surface area contributed by atoms with Crippen LogP contribution in [0.5, 0.6) is 0 Å². The number of non-ortho nitro benzene ring substituents is 1. The number of aromatic nitrogens is 1. The molecular formula is C17H16N2O2S. The summed E-state index contributed by atoms with van der Waals surface area (Å²) >= 11 is 5.41. The molecule has 1 aromatic carbocycles. The Labute approximate surface area is 133 Å². The molecule has 0 fully saturated rings. The summed E-state index contributed by atoms with van der Waals surface area (Å²) in [6.07, 6.45) is 4.90. The smallest absolute Gasteiger partial charge is 0.270 e. The summed E-state index contributed by atoms with van der Waals surface area (Å²) in [6.45, 7) is 4.31. The van der Waals surface area contributed by atoms with Gasteiger partial charge in [-0.3, -0.25) is 10.1 Å². The molecule has 3 rings (SSSR count). The van der Waals surface area contributed by atoms with E-state index in [1.165, 1.54) is 0 Å². The monoisotopic (exact) mass is 312 g/mol. The molecule has 0 spiro atoms. The topological polar surface area (TPSA) is 48.1 Å². The lowest BCUT2D eigenvalue weighted by atomic mass is 9.78. The lowest BCUT2D eigenvalue weighted by Crippen LogP contribution is -2.20. The van der Waals surface area contributed by atoms with Gasteiger partial charge in [0.05, 0.1) is 10.6 Å². The lowest BCUT2D eigenvalue weighted by Gasteiger charge is -2.30. The highest BCUT2D eigenvalue weighted by atomic mass is 32.1. The van der Waals surface area contributed by atoms with Crippen LogP contribution in [0.3, 0.4) is 0 Å². The molecule has 1 aromatic heterocycles. The van der Waals surface area contributed by atoms with Crippen molar-refractivity contribution in [3.63, 3.8) is 0 Å². The van der Waals surface area contributed by atoms with Gasteiger partial charge in [-0.05, 0) is 29.5 Å². The molecule has 0 unspecified atom stereocenters. The third kappa shape index (κ3) is 2.60. The minimum absolute atomic E-state index is 0.0247. The van der Waals surface area contributed by atoms with Gasteiger partial charge in [-0.25, -0.2) is 0 Å². The Hall–Kier alpha value is -2.27. The summed E-state index contributed by atoms with van der Waals surface area (Å²) in [5, 5.41) is 11.1. The number of hydrogen-bond acceptors (Lipinski definition) is 3. The highest BCUT2D eigenvalue weighted by Gasteiger charge is 2.27.